The summed E-state index contributed by atoms with van der Waals surface area (Å²) in [4.78, 5) is 0. The normalized spacial score (nSPS) is 11.4. The Bertz CT molecular complexity index is 603. The number of hydrogen-bond acceptors (Lipinski definition) is 1. The molecule has 1 N–H and O–H groups in total. The molecular weight excluding hydrogens is 263 g/mol. The quantitative estimate of drug-likeness (QED) is 0.839. The number of halogens is 3. The summed E-state index contributed by atoms with van der Waals surface area (Å²) in [5.74, 6) is 0. The van der Waals surface area contributed by atoms with Crippen LogP contribution in [0.25, 0.3) is 0 Å². The van der Waals surface area contributed by atoms with Crippen molar-refractivity contribution in [2.45, 2.75) is 26.6 Å². The largest absolute Gasteiger partial charge is 0.416 e. The molecule has 2 aromatic rings. The van der Waals surface area contributed by atoms with Crippen LogP contribution in [0.4, 0.5) is 18.9 Å². The zero-order chi connectivity index (χ0) is 14.8. The lowest BCUT2D eigenvalue weighted by atomic mass is 10.1. The summed E-state index contributed by atoms with van der Waals surface area (Å²) in [7, 11) is 0. The summed E-state index contributed by atoms with van der Waals surface area (Å²) in [6.07, 6.45) is -4.30. The van der Waals surface area contributed by atoms with Crippen LogP contribution >= 0.6 is 0 Å². The van der Waals surface area contributed by atoms with Gasteiger partial charge in [-0.05, 0) is 48.7 Å². The van der Waals surface area contributed by atoms with Gasteiger partial charge in [0.15, 0.2) is 0 Å². The summed E-state index contributed by atoms with van der Waals surface area (Å²) in [5, 5.41) is 3.18. The Balaban J connectivity index is 2.13. The highest BCUT2D eigenvalue weighted by Crippen LogP contribution is 2.29. The van der Waals surface area contributed by atoms with Crippen molar-refractivity contribution < 1.29 is 13.2 Å². The first kappa shape index (κ1) is 14.4. The van der Waals surface area contributed by atoms with E-state index >= 15 is 0 Å². The van der Waals surface area contributed by atoms with Gasteiger partial charge in [-0.25, -0.2) is 0 Å². The van der Waals surface area contributed by atoms with E-state index in [0.29, 0.717) is 12.1 Å². The third kappa shape index (κ3) is 3.32. The molecule has 0 radical (unpaired) electrons. The number of aryl methyl sites for hydroxylation is 1. The Morgan fingerprint density at radius 3 is 2.40 bits per heavy atom. The number of nitrogens with one attached hydrogen (secondary N) is 1. The number of benzene rings is 2. The average Bonchev–Trinajstić information content (AvgIpc) is 2.40. The highest BCUT2D eigenvalue weighted by molar-refractivity contribution is 5.54. The maximum absolute atomic E-state index is 12.6. The van der Waals surface area contributed by atoms with E-state index in [-0.39, 0.29) is 0 Å². The monoisotopic (exact) mass is 279 g/mol. The Hall–Kier alpha value is -1.97. The van der Waals surface area contributed by atoms with E-state index in [1.54, 1.807) is 6.07 Å². The van der Waals surface area contributed by atoms with Crippen LogP contribution in [0.1, 0.15) is 22.3 Å². The van der Waals surface area contributed by atoms with Gasteiger partial charge in [0.25, 0.3) is 0 Å². The van der Waals surface area contributed by atoms with Gasteiger partial charge in [-0.1, -0.05) is 24.3 Å². The standard InChI is InChI=1S/C16H16F3N/c1-11-5-3-8-15(12(11)2)20-10-13-6-4-7-14(9-13)16(17,18)19/h3-9,20H,10H2,1-2H3. The van der Waals surface area contributed by atoms with Crippen LogP contribution in [0.2, 0.25) is 0 Å². The van der Waals surface area contributed by atoms with Gasteiger partial charge in [0, 0.05) is 12.2 Å². The molecule has 0 unspecified atom stereocenters. The zero-order valence-electron chi connectivity index (χ0n) is 11.4. The molecule has 0 spiro atoms. The molecular formula is C16H16F3N. The van der Waals surface area contributed by atoms with Crippen LogP contribution in [-0.4, -0.2) is 0 Å². The molecule has 2 rings (SSSR count). The molecule has 0 heterocycles. The summed E-state index contributed by atoms with van der Waals surface area (Å²) < 4.78 is 37.9. The van der Waals surface area contributed by atoms with Crippen molar-refractivity contribution in [2.75, 3.05) is 5.32 Å². The molecule has 0 saturated heterocycles. The Morgan fingerprint density at radius 1 is 1.00 bits per heavy atom. The first-order valence-electron chi connectivity index (χ1n) is 6.34. The predicted octanol–water partition coefficient (Wildman–Crippen LogP) is 4.93. The molecule has 1 nitrogen and oxygen atoms in total. The Labute approximate surface area is 116 Å². The van der Waals surface area contributed by atoms with Gasteiger partial charge in [0.2, 0.25) is 0 Å². The lowest BCUT2D eigenvalue weighted by Gasteiger charge is -2.13. The van der Waals surface area contributed by atoms with E-state index in [9.17, 15) is 13.2 Å². The SMILES string of the molecule is Cc1cccc(NCc2cccc(C(F)(F)F)c2)c1C. The molecule has 0 saturated carbocycles. The van der Waals surface area contributed by atoms with Gasteiger partial charge in [0.05, 0.1) is 5.56 Å². The van der Waals surface area contributed by atoms with Crippen LogP contribution in [0.15, 0.2) is 42.5 Å². The van der Waals surface area contributed by atoms with Gasteiger partial charge in [-0.15, -0.1) is 0 Å². The minimum Gasteiger partial charge on any atom is -0.381 e. The maximum Gasteiger partial charge on any atom is 0.416 e. The topological polar surface area (TPSA) is 12.0 Å². The van der Waals surface area contributed by atoms with Crippen molar-refractivity contribution in [3.8, 4) is 0 Å². The van der Waals surface area contributed by atoms with Crippen molar-refractivity contribution in [1.29, 1.82) is 0 Å². The van der Waals surface area contributed by atoms with Crippen molar-refractivity contribution in [3.63, 3.8) is 0 Å². The van der Waals surface area contributed by atoms with Gasteiger partial charge < -0.3 is 5.32 Å². The zero-order valence-corrected chi connectivity index (χ0v) is 11.4. The van der Waals surface area contributed by atoms with E-state index in [1.807, 2.05) is 32.0 Å². The molecule has 0 aliphatic heterocycles. The number of anilines is 1. The van der Waals surface area contributed by atoms with Crippen LogP contribution < -0.4 is 5.32 Å². The van der Waals surface area contributed by atoms with E-state index in [4.69, 9.17) is 0 Å². The van der Waals surface area contributed by atoms with Crippen LogP contribution in [0.3, 0.4) is 0 Å². The summed E-state index contributed by atoms with van der Waals surface area (Å²) >= 11 is 0. The second kappa shape index (κ2) is 5.57. The summed E-state index contributed by atoms with van der Waals surface area (Å²) in [6, 6.07) is 11.2. The molecule has 0 amide bonds. The van der Waals surface area contributed by atoms with E-state index in [0.717, 1.165) is 22.9 Å². The fraction of sp³-hybridized carbons (Fsp3) is 0.250. The first-order chi connectivity index (χ1) is 9.38. The molecule has 0 bridgehead atoms. The second-order valence-corrected chi connectivity index (χ2v) is 4.80. The molecule has 2 aromatic carbocycles. The van der Waals surface area contributed by atoms with Gasteiger partial charge >= 0.3 is 6.18 Å². The van der Waals surface area contributed by atoms with E-state index in [2.05, 4.69) is 5.32 Å². The fourth-order valence-corrected chi connectivity index (χ4v) is 2.00. The van der Waals surface area contributed by atoms with Crippen molar-refractivity contribution in [3.05, 3.63) is 64.7 Å². The summed E-state index contributed by atoms with van der Waals surface area (Å²) in [5.41, 5.74) is 3.21. The fourth-order valence-electron chi connectivity index (χ4n) is 2.00. The minimum atomic E-state index is -4.30. The van der Waals surface area contributed by atoms with E-state index < -0.39 is 11.7 Å². The Morgan fingerprint density at radius 2 is 1.70 bits per heavy atom. The van der Waals surface area contributed by atoms with E-state index in [1.165, 1.54) is 12.1 Å². The molecule has 0 atom stereocenters. The minimum absolute atomic E-state index is 0.369. The molecule has 4 heteroatoms. The Kier molecular flexibility index (Phi) is 4.02. The summed E-state index contributed by atoms with van der Waals surface area (Å²) in [6.45, 7) is 4.36. The highest BCUT2D eigenvalue weighted by atomic mass is 19.4. The smallest absolute Gasteiger partial charge is 0.381 e. The second-order valence-electron chi connectivity index (χ2n) is 4.80. The van der Waals surface area contributed by atoms with Gasteiger partial charge in [-0.2, -0.15) is 13.2 Å². The van der Waals surface area contributed by atoms with Crippen molar-refractivity contribution in [1.82, 2.24) is 0 Å². The van der Waals surface area contributed by atoms with Gasteiger partial charge in [0.1, 0.15) is 0 Å². The predicted molar refractivity (Wildman–Crippen MR) is 74.7 cm³/mol. The number of alkyl halides is 3. The van der Waals surface area contributed by atoms with Gasteiger partial charge in [-0.3, -0.25) is 0 Å². The molecule has 106 valence electrons. The number of rotatable bonds is 3. The third-order valence-electron chi connectivity index (χ3n) is 3.34. The van der Waals surface area contributed by atoms with Crippen LogP contribution in [-0.2, 0) is 12.7 Å². The molecule has 0 fully saturated rings. The first-order valence-corrected chi connectivity index (χ1v) is 6.34. The molecule has 0 aliphatic carbocycles. The highest BCUT2D eigenvalue weighted by Gasteiger charge is 2.30. The maximum atomic E-state index is 12.6. The van der Waals surface area contributed by atoms with Crippen molar-refractivity contribution >= 4 is 5.69 Å². The number of hydrogen-bond donors (Lipinski definition) is 1. The molecule has 20 heavy (non-hydrogen) atoms. The average molecular weight is 279 g/mol. The van der Waals surface area contributed by atoms with Crippen LogP contribution in [0.5, 0.6) is 0 Å². The lowest BCUT2D eigenvalue weighted by molar-refractivity contribution is -0.137. The molecule has 0 aliphatic rings. The lowest BCUT2D eigenvalue weighted by Crippen LogP contribution is -2.07. The van der Waals surface area contributed by atoms with Crippen molar-refractivity contribution in [2.24, 2.45) is 0 Å². The third-order valence-corrected chi connectivity index (χ3v) is 3.34. The molecule has 0 aromatic heterocycles. The van der Waals surface area contributed by atoms with Crippen LogP contribution in [0, 0.1) is 13.8 Å².